The first kappa shape index (κ1) is 20.1. The van der Waals surface area contributed by atoms with Gasteiger partial charge in [-0.15, -0.1) is 0 Å². The molecule has 1 aliphatic heterocycles. The number of benzene rings is 1. The van der Waals surface area contributed by atoms with Gasteiger partial charge in [-0.3, -0.25) is 9.59 Å². The highest BCUT2D eigenvalue weighted by Gasteiger charge is 2.35. The second-order valence-electron chi connectivity index (χ2n) is 7.15. The van der Waals surface area contributed by atoms with Gasteiger partial charge in [0, 0.05) is 19.3 Å². The van der Waals surface area contributed by atoms with E-state index in [0.717, 1.165) is 36.9 Å². The molecule has 7 nitrogen and oxygen atoms in total. The van der Waals surface area contributed by atoms with Crippen molar-refractivity contribution in [1.29, 1.82) is 0 Å². The van der Waals surface area contributed by atoms with E-state index in [-0.39, 0.29) is 11.8 Å². The Labute approximate surface area is 165 Å². The van der Waals surface area contributed by atoms with E-state index in [0.29, 0.717) is 19.4 Å². The lowest BCUT2D eigenvalue weighted by Gasteiger charge is -2.26. The summed E-state index contributed by atoms with van der Waals surface area (Å²) in [6, 6.07) is 8.65. The first-order valence-corrected chi connectivity index (χ1v) is 9.85. The maximum Gasteiger partial charge on any atom is 0.243 e. The van der Waals surface area contributed by atoms with Crippen LogP contribution in [0.25, 0.3) is 0 Å². The van der Waals surface area contributed by atoms with E-state index in [4.69, 9.17) is 5.73 Å². The minimum Gasteiger partial charge on any atom is -0.351 e. The van der Waals surface area contributed by atoms with Gasteiger partial charge in [0.05, 0.1) is 18.1 Å². The molecule has 1 fully saturated rings. The second-order valence-corrected chi connectivity index (χ2v) is 7.15. The number of nitrogens with two attached hydrogens (primary N) is 1. The van der Waals surface area contributed by atoms with Gasteiger partial charge in [0.1, 0.15) is 6.04 Å². The summed E-state index contributed by atoms with van der Waals surface area (Å²) in [5.74, 6) is -0.280. The highest BCUT2D eigenvalue weighted by molar-refractivity contribution is 5.90. The maximum atomic E-state index is 12.8. The highest BCUT2D eigenvalue weighted by atomic mass is 16.2. The zero-order chi connectivity index (χ0) is 19.8. The number of aromatic amines is 1. The van der Waals surface area contributed by atoms with Gasteiger partial charge in [-0.05, 0) is 44.1 Å². The summed E-state index contributed by atoms with van der Waals surface area (Å²) in [4.78, 5) is 34.1. The van der Waals surface area contributed by atoms with Crippen molar-refractivity contribution in [3.63, 3.8) is 0 Å². The number of rotatable bonds is 9. The smallest absolute Gasteiger partial charge is 0.243 e. The summed E-state index contributed by atoms with van der Waals surface area (Å²) >= 11 is 0. The molecule has 0 unspecified atom stereocenters. The molecule has 0 aliphatic carbocycles. The van der Waals surface area contributed by atoms with Crippen LogP contribution < -0.4 is 11.1 Å². The van der Waals surface area contributed by atoms with Gasteiger partial charge in [-0.1, -0.05) is 30.3 Å². The molecule has 1 aliphatic rings. The van der Waals surface area contributed by atoms with Crippen molar-refractivity contribution in [3.8, 4) is 0 Å². The van der Waals surface area contributed by atoms with Crippen molar-refractivity contribution in [1.82, 2.24) is 20.2 Å². The number of carbonyl (C=O) groups is 2. The number of aryl methyl sites for hydroxylation is 1. The minimum atomic E-state index is -0.631. The van der Waals surface area contributed by atoms with Crippen molar-refractivity contribution in [2.45, 2.75) is 50.6 Å². The van der Waals surface area contributed by atoms with Gasteiger partial charge >= 0.3 is 0 Å². The zero-order valence-electron chi connectivity index (χ0n) is 16.0. The number of amides is 2. The van der Waals surface area contributed by atoms with Crippen molar-refractivity contribution in [2.24, 2.45) is 5.73 Å². The molecule has 0 bridgehead atoms. The van der Waals surface area contributed by atoms with E-state index in [1.165, 1.54) is 0 Å². The van der Waals surface area contributed by atoms with Crippen molar-refractivity contribution in [3.05, 3.63) is 60.7 Å². The number of aromatic nitrogens is 2. The number of likely N-dealkylation sites (tertiary alicyclic amines) is 1. The normalized spacial score (nSPS) is 17.5. The number of hydrogen-bond donors (Lipinski definition) is 3. The molecule has 2 heterocycles. The topological polar surface area (TPSA) is 104 Å². The fraction of sp³-hybridized carbons (Fsp3) is 0.429. The minimum absolute atomic E-state index is 0.127. The molecule has 1 radical (unpaired) electrons. The van der Waals surface area contributed by atoms with Gasteiger partial charge in [-0.25, -0.2) is 4.98 Å². The van der Waals surface area contributed by atoms with Crippen LogP contribution in [0.5, 0.6) is 0 Å². The quantitative estimate of drug-likeness (QED) is 0.573. The molecule has 1 aromatic heterocycles. The Morgan fingerprint density at radius 1 is 1.36 bits per heavy atom. The molecule has 2 aromatic rings. The highest BCUT2D eigenvalue weighted by Crippen LogP contribution is 2.19. The summed E-state index contributed by atoms with van der Waals surface area (Å²) < 4.78 is 0. The Morgan fingerprint density at radius 3 is 2.93 bits per heavy atom. The van der Waals surface area contributed by atoms with E-state index >= 15 is 0 Å². The third-order valence-corrected chi connectivity index (χ3v) is 5.03. The van der Waals surface area contributed by atoms with Gasteiger partial charge in [0.2, 0.25) is 11.8 Å². The predicted molar refractivity (Wildman–Crippen MR) is 107 cm³/mol. The standard InChI is InChI=1S/C21H28N5O2/c22-18(13-16-7-2-1-3-8-16)21(28)26-12-6-10-19(26)20(27)24-11-5-4-9-17-14-23-15-25-17/h1-3,7-8,11,14-15,18-19H,4-6,9-10,12-13,22H2,(H,23,25)(H,24,27)/t18-,19+/m1/s1. The Hall–Kier alpha value is -2.67. The molecule has 0 saturated carbocycles. The van der Waals surface area contributed by atoms with Crippen LogP contribution in [0.3, 0.4) is 0 Å². The van der Waals surface area contributed by atoms with Gasteiger partial charge in [0.15, 0.2) is 0 Å². The second kappa shape index (κ2) is 10.0. The molecule has 28 heavy (non-hydrogen) atoms. The summed E-state index contributed by atoms with van der Waals surface area (Å²) in [7, 11) is 0. The number of imidazole rings is 1. The Bertz CT molecular complexity index is 747. The number of unbranched alkanes of at least 4 members (excludes halogenated alkanes) is 1. The van der Waals surface area contributed by atoms with Crippen LogP contribution >= 0.6 is 0 Å². The molecule has 149 valence electrons. The van der Waals surface area contributed by atoms with E-state index in [2.05, 4.69) is 15.3 Å². The van der Waals surface area contributed by atoms with E-state index in [1.54, 1.807) is 17.8 Å². The maximum absolute atomic E-state index is 12.8. The van der Waals surface area contributed by atoms with E-state index < -0.39 is 12.1 Å². The average Bonchev–Trinajstić information content (AvgIpc) is 3.39. The van der Waals surface area contributed by atoms with Crippen LogP contribution in [0.4, 0.5) is 0 Å². The molecular formula is C21H28N5O2. The molecule has 2 amide bonds. The Morgan fingerprint density at radius 2 is 2.18 bits per heavy atom. The number of carbonyl (C=O) groups excluding carboxylic acids is 2. The first-order valence-electron chi connectivity index (χ1n) is 9.85. The van der Waals surface area contributed by atoms with Gasteiger partial charge < -0.3 is 20.9 Å². The Balaban J connectivity index is 1.43. The largest absolute Gasteiger partial charge is 0.351 e. The molecule has 2 atom stereocenters. The van der Waals surface area contributed by atoms with Crippen LogP contribution in [0.15, 0.2) is 42.9 Å². The Kier molecular flexibility index (Phi) is 7.19. The lowest BCUT2D eigenvalue weighted by molar-refractivity contribution is -0.139. The molecular weight excluding hydrogens is 354 g/mol. The summed E-state index contributed by atoms with van der Waals surface area (Å²) in [5, 5.41) is 2.85. The van der Waals surface area contributed by atoms with Crippen molar-refractivity contribution in [2.75, 3.05) is 6.54 Å². The molecule has 1 aromatic carbocycles. The third-order valence-electron chi connectivity index (χ3n) is 5.03. The van der Waals surface area contributed by atoms with Gasteiger partial charge in [0.25, 0.3) is 0 Å². The van der Waals surface area contributed by atoms with Gasteiger partial charge in [-0.2, -0.15) is 0 Å². The molecule has 4 N–H and O–H groups in total. The SMILES string of the molecule is N[C@H](Cc1ccccc1)C(=O)N1CCC[C@H]1C(=O)N[CH]CCCc1c[nH]cn1. The fourth-order valence-corrected chi connectivity index (χ4v) is 3.55. The number of nitrogens with zero attached hydrogens (tertiary/aromatic N) is 2. The lowest BCUT2D eigenvalue weighted by atomic mass is 10.1. The molecule has 3 rings (SSSR count). The summed E-state index contributed by atoms with van der Waals surface area (Å²) in [5.41, 5.74) is 8.17. The molecule has 0 spiro atoms. The van der Waals surface area contributed by atoms with Crippen LogP contribution in [-0.4, -0.2) is 45.3 Å². The van der Waals surface area contributed by atoms with Crippen LogP contribution in [-0.2, 0) is 22.4 Å². The van der Waals surface area contributed by atoms with Crippen molar-refractivity contribution < 1.29 is 9.59 Å². The van der Waals surface area contributed by atoms with Crippen LogP contribution in [0.2, 0.25) is 0 Å². The summed E-state index contributed by atoms with van der Waals surface area (Å²) in [6.07, 6.45) is 8.03. The van der Waals surface area contributed by atoms with E-state index in [9.17, 15) is 9.59 Å². The third kappa shape index (κ3) is 5.42. The summed E-state index contributed by atoms with van der Waals surface area (Å²) in [6.45, 7) is 2.36. The first-order chi connectivity index (χ1) is 13.6. The average molecular weight is 382 g/mol. The monoisotopic (exact) mass is 382 g/mol. The predicted octanol–water partition coefficient (Wildman–Crippen LogP) is 1.57. The van der Waals surface area contributed by atoms with Crippen LogP contribution in [0.1, 0.15) is 36.9 Å². The number of H-pyrrole nitrogens is 1. The fourth-order valence-electron chi connectivity index (χ4n) is 3.55. The van der Waals surface area contributed by atoms with Crippen molar-refractivity contribution >= 4 is 11.8 Å². The molecule has 7 heteroatoms. The number of nitrogens with one attached hydrogen (secondary N) is 2. The zero-order valence-corrected chi connectivity index (χ0v) is 16.0. The number of hydrogen-bond acceptors (Lipinski definition) is 4. The lowest BCUT2D eigenvalue weighted by Crippen LogP contribution is -2.51. The molecule has 1 saturated heterocycles. The van der Waals surface area contributed by atoms with E-state index in [1.807, 2.05) is 36.5 Å². The van der Waals surface area contributed by atoms with Crippen LogP contribution in [0, 0.1) is 6.54 Å².